The van der Waals surface area contributed by atoms with Gasteiger partial charge in [-0.05, 0) is 49.4 Å². The van der Waals surface area contributed by atoms with E-state index in [1.165, 1.54) is 23.8 Å². The number of nitrogens with zero attached hydrogens (tertiary/aromatic N) is 1. The molecular formula is C17H22N2O. The maximum absolute atomic E-state index is 5.63. The van der Waals surface area contributed by atoms with E-state index in [1.54, 1.807) is 0 Å². The van der Waals surface area contributed by atoms with Crippen molar-refractivity contribution in [2.45, 2.75) is 25.8 Å². The molecular weight excluding hydrogens is 248 g/mol. The van der Waals surface area contributed by atoms with Crippen LogP contribution in [0.15, 0.2) is 36.5 Å². The molecule has 1 N–H and O–H groups in total. The first-order chi connectivity index (χ1) is 9.93. The summed E-state index contributed by atoms with van der Waals surface area (Å²) in [6, 6.07) is 10.4. The van der Waals surface area contributed by atoms with Crippen molar-refractivity contribution in [3.8, 4) is 0 Å². The van der Waals surface area contributed by atoms with E-state index >= 15 is 0 Å². The molecule has 0 aliphatic heterocycles. The van der Waals surface area contributed by atoms with E-state index in [0.29, 0.717) is 0 Å². The number of hydrogen-bond acceptors (Lipinski definition) is 3. The van der Waals surface area contributed by atoms with Gasteiger partial charge in [-0.3, -0.25) is 4.98 Å². The molecule has 2 aromatic rings. The molecule has 1 aliphatic rings. The van der Waals surface area contributed by atoms with Crippen LogP contribution in [-0.4, -0.2) is 24.7 Å². The minimum Gasteiger partial charge on any atom is -0.381 e. The molecule has 106 valence electrons. The van der Waals surface area contributed by atoms with Crippen molar-refractivity contribution >= 4 is 10.9 Å². The Kier molecular flexibility index (Phi) is 4.61. The van der Waals surface area contributed by atoms with Crippen LogP contribution in [0, 0.1) is 5.92 Å². The van der Waals surface area contributed by atoms with Crippen molar-refractivity contribution in [3.05, 3.63) is 42.1 Å². The molecule has 1 aromatic heterocycles. The lowest BCUT2D eigenvalue weighted by Crippen LogP contribution is -2.17. The van der Waals surface area contributed by atoms with E-state index in [-0.39, 0.29) is 0 Å². The normalized spacial score (nSPS) is 14.8. The average Bonchev–Trinajstić information content (AvgIpc) is 3.30. The fourth-order valence-corrected chi connectivity index (χ4v) is 2.37. The van der Waals surface area contributed by atoms with Gasteiger partial charge in [0.1, 0.15) is 0 Å². The molecule has 0 spiro atoms. The third kappa shape index (κ3) is 3.78. The van der Waals surface area contributed by atoms with Crippen LogP contribution in [0.4, 0.5) is 0 Å². The molecule has 1 heterocycles. The number of pyridine rings is 1. The molecule has 3 heteroatoms. The van der Waals surface area contributed by atoms with Crippen LogP contribution < -0.4 is 5.32 Å². The van der Waals surface area contributed by atoms with Crippen LogP contribution >= 0.6 is 0 Å². The van der Waals surface area contributed by atoms with Gasteiger partial charge in [-0.15, -0.1) is 0 Å². The van der Waals surface area contributed by atoms with Gasteiger partial charge in [-0.25, -0.2) is 0 Å². The standard InChI is InChI=1S/C17H22N2O/c1-2-5-17-16(4-1)15(8-10-19-17)12-18-9-3-11-20-13-14-6-7-14/h1-2,4-5,8,10,14,18H,3,6-7,9,11-13H2. The van der Waals surface area contributed by atoms with Crippen LogP contribution in [0.2, 0.25) is 0 Å². The summed E-state index contributed by atoms with van der Waals surface area (Å²) in [5, 5.41) is 4.73. The summed E-state index contributed by atoms with van der Waals surface area (Å²) in [5.74, 6) is 0.867. The topological polar surface area (TPSA) is 34.1 Å². The highest BCUT2D eigenvalue weighted by atomic mass is 16.5. The van der Waals surface area contributed by atoms with Crippen molar-refractivity contribution in [2.75, 3.05) is 19.8 Å². The third-order valence-electron chi connectivity index (χ3n) is 3.75. The first-order valence-electron chi connectivity index (χ1n) is 7.54. The van der Waals surface area contributed by atoms with Crippen LogP contribution in [0.25, 0.3) is 10.9 Å². The van der Waals surface area contributed by atoms with Gasteiger partial charge < -0.3 is 10.1 Å². The maximum Gasteiger partial charge on any atom is 0.0705 e. The predicted molar refractivity (Wildman–Crippen MR) is 81.6 cm³/mol. The Balaban J connectivity index is 1.40. The van der Waals surface area contributed by atoms with Gasteiger partial charge in [-0.2, -0.15) is 0 Å². The van der Waals surface area contributed by atoms with E-state index in [0.717, 1.165) is 44.2 Å². The lowest BCUT2D eigenvalue weighted by molar-refractivity contribution is 0.122. The second kappa shape index (κ2) is 6.82. The molecule has 20 heavy (non-hydrogen) atoms. The number of rotatable bonds is 8. The first-order valence-corrected chi connectivity index (χ1v) is 7.54. The molecule has 0 bridgehead atoms. The molecule has 1 aromatic carbocycles. The smallest absolute Gasteiger partial charge is 0.0705 e. The molecule has 0 saturated heterocycles. The van der Waals surface area contributed by atoms with Gasteiger partial charge in [0.05, 0.1) is 5.52 Å². The van der Waals surface area contributed by atoms with Crippen molar-refractivity contribution < 1.29 is 4.74 Å². The largest absolute Gasteiger partial charge is 0.381 e. The summed E-state index contributed by atoms with van der Waals surface area (Å²) in [4.78, 5) is 4.39. The molecule has 1 aliphatic carbocycles. The van der Waals surface area contributed by atoms with E-state index in [4.69, 9.17) is 4.74 Å². The number of ether oxygens (including phenoxy) is 1. The summed E-state index contributed by atoms with van der Waals surface area (Å²) in [6.07, 6.45) is 5.70. The van der Waals surface area contributed by atoms with Gasteiger partial charge in [0, 0.05) is 31.3 Å². The Hall–Kier alpha value is -1.45. The monoisotopic (exact) mass is 270 g/mol. The van der Waals surface area contributed by atoms with E-state index < -0.39 is 0 Å². The Morgan fingerprint density at radius 3 is 3.00 bits per heavy atom. The van der Waals surface area contributed by atoms with Crippen LogP contribution in [0.5, 0.6) is 0 Å². The zero-order valence-electron chi connectivity index (χ0n) is 11.8. The first kappa shape index (κ1) is 13.5. The van der Waals surface area contributed by atoms with E-state index in [1.807, 2.05) is 12.3 Å². The second-order valence-electron chi connectivity index (χ2n) is 5.54. The molecule has 0 amide bonds. The number of para-hydroxylation sites is 1. The number of nitrogens with one attached hydrogen (secondary N) is 1. The van der Waals surface area contributed by atoms with Gasteiger partial charge >= 0.3 is 0 Å². The maximum atomic E-state index is 5.63. The zero-order valence-corrected chi connectivity index (χ0v) is 11.8. The fourth-order valence-electron chi connectivity index (χ4n) is 2.37. The second-order valence-corrected chi connectivity index (χ2v) is 5.54. The summed E-state index contributed by atoms with van der Waals surface area (Å²) in [5.41, 5.74) is 2.38. The van der Waals surface area contributed by atoms with Crippen LogP contribution in [0.3, 0.4) is 0 Å². The lowest BCUT2D eigenvalue weighted by Gasteiger charge is -2.08. The number of aromatic nitrogens is 1. The summed E-state index contributed by atoms with van der Waals surface area (Å²) >= 11 is 0. The van der Waals surface area contributed by atoms with E-state index in [2.05, 4.69) is 34.6 Å². The van der Waals surface area contributed by atoms with Crippen molar-refractivity contribution in [1.29, 1.82) is 0 Å². The lowest BCUT2D eigenvalue weighted by atomic mass is 10.1. The highest BCUT2D eigenvalue weighted by Crippen LogP contribution is 2.28. The Morgan fingerprint density at radius 1 is 1.20 bits per heavy atom. The minimum atomic E-state index is 0.867. The molecule has 0 radical (unpaired) electrons. The summed E-state index contributed by atoms with van der Waals surface area (Å²) in [7, 11) is 0. The molecule has 1 fully saturated rings. The predicted octanol–water partition coefficient (Wildman–Crippen LogP) is 3.14. The van der Waals surface area contributed by atoms with Crippen molar-refractivity contribution in [2.24, 2.45) is 5.92 Å². The van der Waals surface area contributed by atoms with Crippen molar-refractivity contribution in [1.82, 2.24) is 10.3 Å². The van der Waals surface area contributed by atoms with Gasteiger partial charge in [0.15, 0.2) is 0 Å². The number of fused-ring (bicyclic) bond motifs is 1. The molecule has 3 rings (SSSR count). The quantitative estimate of drug-likeness (QED) is 0.748. The highest BCUT2D eigenvalue weighted by Gasteiger charge is 2.20. The third-order valence-corrected chi connectivity index (χ3v) is 3.75. The molecule has 0 unspecified atom stereocenters. The van der Waals surface area contributed by atoms with Gasteiger partial charge in [0.25, 0.3) is 0 Å². The highest BCUT2D eigenvalue weighted by molar-refractivity contribution is 5.81. The van der Waals surface area contributed by atoms with Gasteiger partial charge in [-0.1, -0.05) is 18.2 Å². The number of hydrogen-bond donors (Lipinski definition) is 1. The fraction of sp³-hybridized carbons (Fsp3) is 0.471. The average molecular weight is 270 g/mol. The van der Waals surface area contributed by atoms with Crippen LogP contribution in [0.1, 0.15) is 24.8 Å². The SMILES string of the molecule is c1ccc2c(CNCCCOCC3CC3)ccnc2c1. The molecule has 0 atom stereocenters. The van der Waals surface area contributed by atoms with E-state index in [9.17, 15) is 0 Å². The summed E-state index contributed by atoms with van der Waals surface area (Å²) < 4.78 is 5.63. The van der Waals surface area contributed by atoms with Gasteiger partial charge in [0.2, 0.25) is 0 Å². The zero-order chi connectivity index (χ0) is 13.6. The number of benzene rings is 1. The Bertz CT molecular complexity index is 546. The summed E-state index contributed by atoms with van der Waals surface area (Å²) in [6.45, 7) is 3.74. The van der Waals surface area contributed by atoms with Crippen molar-refractivity contribution in [3.63, 3.8) is 0 Å². The minimum absolute atomic E-state index is 0.867. The molecule has 3 nitrogen and oxygen atoms in total. The Morgan fingerprint density at radius 2 is 2.10 bits per heavy atom. The molecule has 1 saturated carbocycles. The van der Waals surface area contributed by atoms with Crippen LogP contribution in [-0.2, 0) is 11.3 Å². The Labute approximate surface area is 120 Å².